The van der Waals surface area contributed by atoms with Crippen LogP contribution in [-0.4, -0.2) is 23.7 Å². The number of hydrogen-bond donors (Lipinski definition) is 1. The molecule has 2 aliphatic rings. The Balaban J connectivity index is 1.92. The number of rotatable bonds is 3. The van der Waals surface area contributed by atoms with E-state index in [4.69, 9.17) is 10.5 Å². The molecule has 2 N–H and O–H groups in total. The highest BCUT2D eigenvalue weighted by molar-refractivity contribution is 5.20. The first kappa shape index (κ1) is 13.1. The smallest absolute Gasteiger partial charge is 0.0691 e. The molecule has 0 unspecified atom stereocenters. The molecule has 104 valence electrons. The third kappa shape index (κ3) is 2.41. The molecular formula is C16H24N2O. The van der Waals surface area contributed by atoms with Gasteiger partial charge in [0.25, 0.3) is 0 Å². The molecule has 19 heavy (non-hydrogen) atoms. The van der Waals surface area contributed by atoms with Crippen molar-refractivity contribution in [1.29, 1.82) is 0 Å². The van der Waals surface area contributed by atoms with Crippen LogP contribution in [0, 0.1) is 0 Å². The number of hydrogen-bond acceptors (Lipinski definition) is 3. The monoisotopic (exact) mass is 260 g/mol. The largest absolute Gasteiger partial charge is 0.375 e. The van der Waals surface area contributed by atoms with Gasteiger partial charge in [0, 0.05) is 23.9 Å². The lowest BCUT2D eigenvalue weighted by Gasteiger charge is -2.46. The summed E-state index contributed by atoms with van der Waals surface area (Å²) in [4.78, 5) is 4.64. The molecule has 1 aliphatic carbocycles. The second-order valence-electron chi connectivity index (χ2n) is 6.20. The summed E-state index contributed by atoms with van der Waals surface area (Å²) in [6.45, 7) is 1.59. The molecule has 0 aromatic carbocycles. The van der Waals surface area contributed by atoms with E-state index in [1.165, 1.54) is 31.4 Å². The molecule has 0 radical (unpaired) electrons. The summed E-state index contributed by atoms with van der Waals surface area (Å²) in [5.41, 5.74) is 7.37. The standard InChI is InChI=1S/C16H24N2O/c17-10-8-15(14-5-1-4-11-18-14)9-12-19-16(13-15)6-2-3-7-16/h1,4-5,11H,2-3,6-10,12-13,17H2/t15-/m1/s1. The van der Waals surface area contributed by atoms with Gasteiger partial charge in [0.2, 0.25) is 0 Å². The van der Waals surface area contributed by atoms with E-state index in [0.29, 0.717) is 0 Å². The van der Waals surface area contributed by atoms with E-state index in [9.17, 15) is 0 Å². The normalized spacial score (nSPS) is 29.7. The summed E-state index contributed by atoms with van der Waals surface area (Å²) in [5.74, 6) is 0. The van der Waals surface area contributed by atoms with Crippen LogP contribution in [0.15, 0.2) is 24.4 Å². The second-order valence-corrected chi connectivity index (χ2v) is 6.20. The van der Waals surface area contributed by atoms with Gasteiger partial charge in [-0.1, -0.05) is 18.9 Å². The van der Waals surface area contributed by atoms with E-state index in [1.54, 1.807) is 0 Å². The number of ether oxygens (including phenoxy) is 1. The molecule has 2 heterocycles. The van der Waals surface area contributed by atoms with Crippen molar-refractivity contribution < 1.29 is 4.74 Å². The average molecular weight is 260 g/mol. The molecule has 0 bridgehead atoms. The quantitative estimate of drug-likeness (QED) is 0.909. The van der Waals surface area contributed by atoms with Gasteiger partial charge in [-0.15, -0.1) is 0 Å². The average Bonchev–Trinajstić information content (AvgIpc) is 2.88. The Morgan fingerprint density at radius 3 is 2.74 bits per heavy atom. The molecular weight excluding hydrogens is 236 g/mol. The van der Waals surface area contributed by atoms with E-state index < -0.39 is 0 Å². The van der Waals surface area contributed by atoms with E-state index >= 15 is 0 Å². The Bertz CT molecular complexity index is 410. The van der Waals surface area contributed by atoms with Gasteiger partial charge in [0.15, 0.2) is 0 Å². The van der Waals surface area contributed by atoms with Crippen LogP contribution in [0.25, 0.3) is 0 Å². The van der Waals surface area contributed by atoms with Crippen molar-refractivity contribution in [2.24, 2.45) is 5.73 Å². The topological polar surface area (TPSA) is 48.1 Å². The number of nitrogens with two attached hydrogens (primary N) is 1. The molecule has 3 heteroatoms. The lowest BCUT2D eigenvalue weighted by Crippen LogP contribution is -2.47. The molecule has 1 spiro atoms. The fraction of sp³-hybridized carbons (Fsp3) is 0.688. The van der Waals surface area contributed by atoms with Gasteiger partial charge in [-0.25, -0.2) is 0 Å². The van der Waals surface area contributed by atoms with E-state index in [0.717, 1.165) is 32.4 Å². The fourth-order valence-electron chi connectivity index (χ4n) is 4.07. The zero-order valence-corrected chi connectivity index (χ0v) is 11.6. The number of nitrogens with zero attached hydrogens (tertiary/aromatic N) is 1. The van der Waals surface area contributed by atoms with Gasteiger partial charge in [-0.2, -0.15) is 0 Å². The van der Waals surface area contributed by atoms with Crippen LogP contribution in [0.2, 0.25) is 0 Å². The predicted molar refractivity (Wildman–Crippen MR) is 76.0 cm³/mol. The Hall–Kier alpha value is -0.930. The summed E-state index contributed by atoms with van der Waals surface area (Å²) < 4.78 is 6.18. The van der Waals surface area contributed by atoms with Crippen molar-refractivity contribution in [3.8, 4) is 0 Å². The van der Waals surface area contributed by atoms with E-state index in [2.05, 4.69) is 17.1 Å². The van der Waals surface area contributed by atoms with E-state index in [1.807, 2.05) is 12.3 Å². The highest BCUT2D eigenvalue weighted by Crippen LogP contribution is 2.49. The molecule has 1 saturated heterocycles. The van der Waals surface area contributed by atoms with Crippen LogP contribution in [0.1, 0.15) is 50.6 Å². The first-order valence-corrected chi connectivity index (χ1v) is 7.54. The maximum Gasteiger partial charge on any atom is 0.0691 e. The minimum Gasteiger partial charge on any atom is -0.375 e. The van der Waals surface area contributed by atoms with E-state index in [-0.39, 0.29) is 11.0 Å². The van der Waals surface area contributed by atoms with Gasteiger partial charge < -0.3 is 10.5 Å². The summed E-state index contributed by atoms with van der Waals surface area (Å²) in [6.07, 6.45) is 10.1. The number of pyridine rings is 1. The van der Waals surface area contributed by atoms with Crippen LogP contribution in [-0.2, 0) is 10.2 Å². The summed E-state index contributed by atoms with van der Waals surface area (Å²) in [5, 5.41) is 0. The maximum atomic E-state index is 6.18. The summed E-state index contributed by atoms with van der Waals surface area (Å²) in [6, 6.07) is 6.26. The van der Waals surface area contributed by atoms with Crippen molar-refractivity contribution in [1.82, 2.24) is 4.98 Å². The van der Waals surface area contributed by atoms with Crippen LogP contribution in [0.3, 0.4) is 0 Å². The maximum absolute atomic E-state index is 6.18. The molecule has 3 nitrogen and oxygen atoms in total. The van der Waals surface area contributed by atoms with Gasteiger partial charge >= 0.3 is 0 Å². The lowest BCUT2D eigenvalue weighted by molar-refractivity contribution is -0.104. The van der Waals surface area contributed by atoms with Gasteiger partial charge in [-0.05, 0) is 50.8 Å². The highest BCUT2D eigenvalue weighted by Gasteiger charge is 2.48. The van der Waals surface area contributed by atoms with Crippen molar-refractivity contribution in [3.63, 3.8) is 0 Å². The zero-order chi connectivity index (χ0) is 13.2. The van der Waals surface area contributed by atoms with Crippen molar-refractivity contribution >= 4 is 0 Å². The Labute approximate surface area is 115 Å². The third-order valence-corrected chi connectivity index (χ3v) is 5.00. The molecule has 1 aromatic heterocycles. The Kier molecular flexibility index (Phi) is 3.59. The SMILES string of the molecule is NCC[C@@]1(c2ccccn2)CCOC2(CCCC2)C1. The summed E-state index contributed by atoms with van der Waals surface area (Å²) >= 11 is 0. The molecule has 1 saturated carbocycles. The Morgan fingerprint density at radius 2 is 2.05 bits per heavy atom. The summed E-state index contributed by atoms with van der Waals surface area (Å²) in [7, 11) is 0. The Morgan fingerprint density at radius 1 is 1.21 bits per heavy atom. The van der Waals surface area contributed by atoms with Crippen molar-refractivity contribution in [2.75, 3.05) is 13.2 Å². The van der Waals surface area contributed by atoms with Crippen LogP contribution >= 0.6 is 0 Å². The minimum absolute atomic E-state index is 0.116. The molecule has 2 fully saturated rings. The zero-order valence-electron chi connectivity index (χ0n) is 11.6. The van der Waals surface area contributed by atoms with Gasteiger partial charge in [-0.3, -0.25) is 4.98 Å². The molecule has 3 rings (SSSR count). The number of aromatic nitrogens is 1. The second kappa shape index (κ2) is 5.22. The molecule has 1 aliphatic heterocycles. The van der Waals surface area contributed by atoms with Crippen LogP contribution in [0.5, 0.6) is 0 Å². The first-order chi connectivity index (χ1) is 9.29. The van der Waals surface area contributed by atoms with Gasteiger partial charge in [0.05, 0.1) is 5.60 Å². The molecule has 1 aromatic rings. The highest BCUT2D eigenvalue weighted by atomic mass is 16.5. The van der Waals surface area contributed by atoms with Crippen LogP contribution in [0.4, 0.5) is 0 Å². The van der Waals surface area contributed by atoms with Crippen molar-refractivity contribution in [3.05, 3.63) is 30.1 Å². The minimum atomic E-state index is 0.116. The first-order valence-electron chi connectivity index (χ1n) is 7.54. The van der Waals surface area contributed by atoms with Gasteiger partial charge in [0.1, 0.15) is 0 Å². The third-order valence-electron chi connectivity index (χ3n) is 5.00. The van der Waals surface area contributed by atoms with Crippen LogP contribution < -0.4 is 5.73 Å². The predicted octanol–water partition coefficient (Wildman–Crippen LogP) is 2.79. The fourth-order valence-corrected chi connectivity index (χ4v) is 4.07. The molecule has 0 amide bonds. The lowest BCUT2D eigenvalue weighted by atomic mass is 9.68. The van der Waals surface area contributed by atoms with Crippen molar-refractivity contribution in [2.45, 2.75) is 56.0 Å². The molecule has 1 atom stereocenters.